The van der Waals surface area contributed by atoms with Crippen LogP contribution in [-0.2, 0) is 16.0 Å². The van der Waals surface area contributed by atoms with Crippen LogP contribution >= 0.6 is 0 Å². The highest BCUT2D eigenvalue weighted by Gasteiger charge is 2.21. The number of benzene rings is 1. The zero-order valence-corrected chi connectivity index (χ0v) is 13.1. The number of ether oxygens (including phenoxy) is 1. The minimum absolute atomic E-state index is 0.154. The van der Waals surface area contributed by atoms with Crippen molar-refractivity contribution in [3.05, 3.63) is 35.4 Å². The Morgan fingerprint density at radius 2 is 2.05 bits per heavy atom. The normalized spacial score (nSPS) is 18.8. The highest BCUT2D eigenvalue weighted by molar-refractivity contribution is 5.92. The summed E-state index contributed by atoms with van der Waals surface area (Å²) in [6.45, 7) is 4.28. The Morgan fingerprint density at radius 3 is 2.68 bits per heavy atom. The van der Waals surface area contributed by atoms with E-state index in [1.807, 2.05) is 17.0 Å². The first-order valence-corrected chi connectivity index (χ1v) is 7.88. The Bertz CT molecular complexity index is 513. The lowest BCUT2D eigenvalue weighted by atomic mass is 10.1. The van der Waals surface area contributed by atoms with Gasteiger partial charge < -0.3 is 15.4 Å². The van der Waals surface area contributed by atoms with Gasteiger partial charge in [0.25, 0.3) is 0 Å². The van der Waals surface area contributed by atoms with E-state index in [2.05, 4.69) is 6.92 Å². The highest BCUT2D eigenvalue weighted by atomic mass is 16.5. The lowest BCUT2D eigenvalue weighted by Gasteiger charge is -2.23. The number of primary amides is 1. The first-order chi connectivity index (χ1) is 10.6. The molecule has 5 nitrogen and oxygen atoms in total. The molecule has 0 aliphatic carbocycles. The van der Waals surface area contributed by atoms with Gasteiger partial charge in [0.2, 0.25) is 11.8 Å². The molecule has 1 aromatic carbocycles. The van der Waals surface area contributed by atoms with Gasteiger partial charge in [-0.3, -0.25) is 9.59 Å². The summed E-state index contributed by atoms with van der Waals surface area (Å²) in [5.74, 6) is -0.263. The number of carbonyl (C=O) groups excluding carboxylic acids is 2. The van der Waals surface area contributed by atoms with E-state index in [0.717, 1.165) is 31.6 Å². The molecule has 0 unspecified atom stereocenters. The monoisotopic (exact) mass is 304 g/mol. The van der Waals surface area contributed by atoms with Crippen molar-refractivity contribution < 1.29 is 14.3 Å². The Balaban J connectivity index is 1.87. The average molecular weight is 304 g/mol. The third-order valence-corrected chi connectivity index (χ3v) is 4.02. The molecule has 1 saturated heterocycles. The van der Waals surface area contributed by atoms with E-state index in [-0.39, 0.29) is 12.0 Å². The number of hydrogen-bond acceptors (Lipinski definition) is 3. The summed E-state index contributed by atoms with van der Waals surface area (Å²) in [7, 11) is 0. The van der Waals surface area contributed by atoms with Crippen LogP contribution in [0.25, 0.3) is 0 Å². The molecule has 0 radical (unpaired) electrons. The number of carbonyl (C=O) groups is 2. The van der Waals surface area contributed by atoms with E-state index in [9.17, 15) is 9.59 Å². The Labute approximate surface area is 131 Å². The largest absolute Gasteiger partial charge is 0.376 e. The summed E-state index contributed by atoms with van der Waals surface area (Å²) in [4.78, 5) is 25.3. The van der Waals surface area contributed by atoms with Crippen molar-refractivity contribution in [3.8, 4) is 0 Å². The number of aryl methyl sites for hydroxylation is 1. The van der Waals surface area contributed by atoms with Crippen LogP contribution in [-0.4, -0.2) is 42.5 Å². The fourth-order valence-corrected chi connectivity index (χ4v) is 2.61. The molecule has 22 heavy (non-hydrogen) atoms. The minimum atomic E-state index is -0.433. The number of rotatable bonds is 5. The first kappa shape index (κ1) is 16.5. The van der Waals surface area contributed by atoms with E-state index in [1.165, 1.54) is 0 Å². The summed E-state index contributed by atoms with van der Waals surface area (Å²) in [6, 6.07) is 7.12. The van der Waals surface area contributed by atoms with Gasteiger partial charge in [-0.05, 0) is 37.0 Å². The van der Waals surface area contributed by atoms with Gasteiger partial charge in [0.1, 0.15) is 0 Å². The maximum atomic E-state index is 12.4. The SMILES string of the molecule is CC[C@H]1CN(C(=O)CCc2ccc(C(N)=O)cc2)CCCO1. The second-order valence-corrected chi connectivity index (χ2v) is 5.66. The molecule has 2 N–H and O–H groups in total. The zero-order chi connectivity index (χ0) is 15.9. The van der Waals surface area contributed by atoms with Crippen molar-refractivity contribution in [2.24, 2.45) is 5.73 Å². The van der Waals surface area contributed by atoms with Gasteiger partial charge in [0.05, 0.1) is 6.10 Å². The van der Waals surface area contributed by atoms with Crippen LogP contribution in [0.5, 0.6) is 0 Å². The van der Waals surface area contributed by atoms with Gasteiger partial charge in [-0.25, -0.2) is 0 Å². The fourth-order valence-electron chi connectivity index (χ4n) is 2.61. The van der Waals surface area contributed by atoms with Crippen LogP contribution < -0.4 is 5.73 Å². The van der Waals surface area contributed by atoms with Crippen molar-refractivity contribution in [1.29, 1.82) is 0 Å². The lowest BCUT2D eigenvalue weighted by Crippen LogP contribution is -2.36. The number of hydrogen-bond donors (Lipinski definition) is 1. The molecule has 1 aromatic rings. The van der Waals surface area contributed by atoms with Crippen molar-refractivity contribution in [1.82, 2.24) is 4.90 Å². The fraction of sp³-hybridized carbons (Fsp3) is 0.529. The summed E-state index contributed by atoms with van der Waals surface area (Å²) < 4.78 is 5.69. The lowest BCUT2D eigenvalue weighted by molar-refractivity contribution is -0.132. The molecule has 1 aliphatic heterocycles. The van der Waals surface area contributed by atoms with E-state index < -0.39 is 5.91 Å². The minimum Gasteiger partial charge on any atom is -0.376 e. The number of amides is 2. The standard InChI is InChI=1S/C17H24N2O3/c1-2-15-12-19(10-3-11-22-15)16(20)9-6-13-4-7-14(8-5-13)17(18)21/h4-5,7-8,15H,2-3,6,9-12H2,1H3,(H2,18,21)/t15-/m0/s1. The third kappa shape index (κ3) is 4.56. The molecule has 0 saturated carbocycles. The molecule has 120 valence electrons. The summed E-state index contributed by atoms with van der Waals surface area (Å²) in [5, 5.41) is 0. The molecule has 1 atom stereocenters. The van der Waals surface area contributed by atoms with Gasteiger partial charge >= 0.3 is 0 Å². The molecule has 1 heterocycles. The summed E-state index contributed by atoms with van der Waals surface area (Å²) >= 11 is 0. The highest BCUT2D eigenvalue weighted by Crippen LogP contribution is 2.12. The van der Waals surface area contributed by atoms with Crippen LogP contribution in [0.1, 0.15) is 42.1 Å². The molecule has 2 amide bonds. The summed E-state index contributed by atoms with van der Waals surface area (Å²) in [5.41, 5.74) is 6.74. The van der Waals surface area contributed by atoms with Gasteiger partial charge in [0, 0.05) is 31.7 Å². The molecule has 2 rings (SSSR count). The average Bonchev–Trinajstić information content (AvgIpc) is 2.78. The maximum absolute atomic E-state index is 12.4. The second-order valence-electron chi connectivity index (χ2n) is 5.66. The first-order valence-electron chi connectivity index (χ1n) is 7.88. The summed E-state index contributed by atoms with van der Waals surface area (Å²) in [6.07, 6.45) is 3.13. The molecule has 1 fully saturated rings. The van der Waals surface area contributed by atoms with Crippen molar-refractivity contribution in [2.45, 2.75) is 38.7 Å². The zero-order valence-electron chi connectivity index (χ0n) is 13.1. The van der Waals surface area contributed by atoms with E-state index in [0.29, 0.717) is 24.9 Å². The van der Waals surface area contributed by atoms with Gasteiger partial charge in [0.15, 0.2) is 0 Å². The van der Waals surface area contributed by atoms with Gasteiger partial charge in [-0.2, -0.15) is 0 Å². The predicted molar refractivity (Wildman–Crippen MR) is 84.5 cm³/mol. The smallest absolute Gasteiger partial charge is 0.248 e. The predicted octanol–water partition coefficient (Wildman–Crippen LogP) is 1.75. The number of nitrogens with two attached hydrogens (primary N) is 1. The van der Waals surface area contributed by atoms with Crippen LogP contribution in [0, 0.1) is 0 Å². The maximum Gasteiger partial charge on any atom is 0.248 e. The van der Waals surface area contributed by atoms with Crippen LogP contribution in [0.2, 0.25) is 0 Å². The van der Waals surface area contributed by atoms with E-state index >= 15 is 0 Å². The van der Waals surface area contributed by atoms with Crippen LogP contribution in [0.15, 0.2) is 24.3 Å². The Hall–Kier alpha value is -1.88. The molecular formula is C17H24N2O3. The molecule has 1 aliphatic rings. The van der Waals surface area contributed by atoms with E-state index in [1.54, 1.807) is 12.1 Å². The third-order valence-electron chi connectivity index (χ3n) is 4.02. The quantitative estimate of drug-likeness (QED) is 0.900. The Kier molecular flexibility index (Phi) is 5.95. The topological polar surface area (TPSA) is 72.6 Å². The second kappa shape index (κ2) is 7.94. The van der Waals surface area contributed by atoms with Crippen LogP contribution in [0.4, 0.5) is 0 Å². The number of nitrogens with zero attached hydrogens (tertiary/aromatic N) is 1. The van der Waals surface area contributed by atoms with Gasteiger partial charge in [-0.1, -0.05) is 19.1 Å². The van der Waals surface area contributed by atoms with Crippen molar-refractivity contribution >= 4 is 11.8 Å². The molecule has 0 bridgehead atoms. The van der Waals surface area contributed by atoms with Crippen LogP contribution in [0.3, 0.4) is 0 Å². The molecule has 5 heteroatoms. The van der Waals surface area contributed by atoms with Crippen molar-refractivity contribution in [3.63, 3.8) is 0 Å². The van der Waals surface area contributed by atoms with Gasteiger partial charge in [-0.15, -0.1) is 0 Å². The molecule has 0 spiro atoms. The molecular weight excluding hydrogens is 280 g/mol. The molecule has 0 aromatic heterocycles. The van der Waals surface area contributed by atoms with Crippen molar-refractivity contribution in [2.75, 3.05) is 19.7 Å². The van der Waals surface area contributed by atoms with E-state index in [4.69, 9.17) is 10.5 Å². The Morgan fingerprint density at radius 1 is 1.32 bits per heavy atom.